The van der Waals surface area contributed by atoms with E-state index in [9.17, 15) is 0 Å². The Balaban J connectivity index is 1.30. The molecule has 6 aromatic carbocycles. The fourth-order valence-electron chi connectivity index (χ4n) is 10.3. The lowest BCUT2D eigenvalue weighted by atomic mass is 9.31. The monoisotopic (exact) mass is 702 g/mol. The Morgan fingerprint density at radius 2 is 1.13 bits per heavy atom. The standard InChI is InChI=1S/C48H44B2N2S/c1-25(2)29-13-15-32-35-17-18-44-46-48(35)52-47-37(33-16-14-30(26(3)4)21-39(33)50(52)38(32)20-29)19-31(27(5)6)22-41(47)49(46)40-23-36-34-11-9-10-12-42(34)51(28(7)8)43(36)24-45(40)53-44/h9-28H,1-8H3. The summed E-state index contributed by atoms with van der Waals surface area (Å²) >= 11 is 1.99. The maximum Gasteiger partial charge on any atom is 0.329 e. The number of hydrogen-bond acceptors (Lipinski definition) is 2. The average molecular weight is 703 g/mol. The van der Waals surface area contributed by atoms with Crippen molar-refractivity contribution in [3.8, 4) is 22.3 Å². The molecule has 5 heteroatoms. The number of fused-ring (bicyclic) bond motifs is 12. The molecular weight excluding hydrogens is 658 g/mol. The second-order valence-electron chi connectivity index (χ2n) is 17.2. The molecule has 0 atom stereocenters. The molecule has 0 unspecified atom stereocenters. The molecule has 0 bridgehead atoms. The molecule has 0 spiro atoms. The summed E-state index contributed by atoms with van der Waals surface area (Å²) in [5, 5.41) is 2.72. The molecule has 7 aromatic rings. The quantitative estimate of drug-likeness (QED) is 0.169. The van der Waals surface area contributed by atoms with Gasteiger partial charge >= 0.3 is 6.85 Å². The van der Waals surface area contributed by atoms with Gasteiger partial charge in [-0.2, -0.15) is 0 Å². The number of hydrogen-bond donors (Lipinski definition) is 0. The summed E-state index contributed by atoms with van der Waals surface area (Å²) < 4.78 is 2.55. The molecule has 0 saturated carbocycles. The first kappa shape index (κ1) is 31.9. The Hall–Kier alpha value is -4.60. The Bertz CT molecular complexity index is 2750. The van der Waals surface area contributed by atoms with E-state index < -0.39 is 0 Å². The van der Waals surface area contributed by atoms with Crippen molar-refractivity contribution in [3.05, 3.63) is 114 Å². The van der Waals surface area contributed by atoms with Crippen molar-refractivity contribution in [1.29, 1.82) is 0 Å². The maximum absolute atomic E-state index is 2.81. The average Bonchev–Trinajstić information content (AvgIpc) is 3.48. The minimum absolute atomic E-state index is 0.117. The van der Waals surface area contributed by atoms with E-state index in [0.717, 1.165) is 0 Å². The zero-order chi connectivity index (χ0) is 36.2. The second-order valence-corrected chi connectivity index (χ2v) is 18.3. The Labute approximate surface area is 318 Å². The first-order valence-corrected chi connectivity index (χ1v) is 20.6. The van der Waals surface area contributed by atoms with Gasteiger partial charge in [-0.25, -0.2) is 0 Å². The third-order valence-electron chi connectivity index (χ3n) is 12.9. The van der Waals surface area contributed by atoms with Crippen LogP contribution < -0.4 is 32.1 Å². The smallest absolute Gasteiger partial charge is 0.329 e. The number of anilines is 2. The highest BCUT2D eigenvalue weighted by atomic mass is 32.2. The van der Waals surface area contributed by atoms with Crippen LogP contribution in [-0.4, -0.2) is 18.1 Å². The summed E-state index contributed by atoms with van der Waals surface area (Å²) in [5.41, 5.74) is 22.7. The number of aromatic nitrogens is 1. The van der Waals surface area contributed by atoms with Gasteiger partial charge in [-0.15, -0.1) is 0 Å². The highest BCUT2D eigenvalue weighted by Crippen LogP contribution is 2.51. The van der Waals surface area contributed by atoms with E-state index in [1.807, 2.05) is 11.8 Å². The van der Waals surface area contributed by atoms with Crippen LogP contribution in [0.5, 0.6) is 0 Å². The fourth-order valence-corrected chi connectivity index (χ4v) is 11.5. The SMILES string of the molecule is CC(C)c1ccc2c(c1)B1c3cc(C(C)C)ccc3-c3ccc4c5c3N1c1c(cc(C(C)C)cc1-2)B5c1cc2c3ccccc3n(C(C)C)c2cc1S4. The Kier molecular flexibility index (Phi) is 6.61. The lowest BCUT2D eigenvalue weighted by molar-refractivity contribution is 0.642. The number of rotatable bonds is 4. The molecule has 0 aliphatic carbocycles. The summed E-state index contributed by atoms with van der Waals surface area (Å²) in [7, 11) is 0. The molecular formula is C48H44B2N2S. The summed E-state index contributed by atoms with van der Waals surface area (Å²) in [6.07, 6.45) is 0. The summed E-state index contributed by atoms with van der Waals surface area (Å²) in [4.78, 5) is 5.61. The van der Waals surface area contributed by atoms with Crippen LogP contribution in [0.25, 0.3) is 44.1 Å². The van der Waals surface area contributed by atoms with Crippen LogP contribution in [0.4, 0.5) is 11.4 Å². The van der Waals surface area contributed by atoms with E-state index in [0.29, 0.717) is 23.8 Å². The lowest BCUT2D eigenvalue weighted by Gasteiger charge is -2.50. The number of benzene rings is 6. The fraction of sp³-hybridized carbons (Fsp3) is 0.250. The molecule has 4 aliphatic rings. The Morgan fingerprint density at radius 1 is 0.491 bits per heavy atom. The molecule has 5 heterocycles. The highest BCUT2D eigenvalue weighted by Gasteiger charge is 2.51. The first-order valence-electron chi connectivity index (χ1n) is 19.8. The van der Waals surface area contributed by atoms with E-state index >= 15 is 0 Å². The highest BCUT2D eigenvalue weighted by molar-refractivity contribution is 8.00. The van der Waals surface area contributed by atoms with Crippen molar-refractivity contribution in [1.82, 2.24) is 4.57 Å². The van der Waals surface area contributed by atoms with Gasteiger partial charge in [0.05, 0.1) is 5.52 Å². The van der Waals surface area contributed by atoms with Gasteiger partial charge in [0.15, 0.2) is 0 Å². The van der Waals surface area contributed by atoms with Gasteiger partial charge in [0.25, 0.3) is 0 Å². The summed E-state index contributed by atoms with van der Waals surface area (Å²) in [5.74, 6) is 1.34. The van der Waals surface area contributed by atoms with Gasteiger partial charge in [0.1, 0.15) is 0 Å². The van der Waals surface area contributed by atoms with Crippen molar-refractivity contribution >= 4 is 85.8 Å². The van der Waals surface area contributed by atoms with Crippen molar-refractivity contribution in [2.45, 2.75) is 89.0 Å². The molecule has 0 N–H and O–H groups in total. The zero-order valence-corrected chi connectivity index (χ0v) is 32.8. The predicted molar refractivity (Wildman–Crippen MR) is 232 cm³/mol. The third kappa shape index (κ3) is 4.15. The largest absolute Gasteiger partial charge is 0.377 e. The minimum Gasteiger partial charge on any atom is -0.377 e. The molecule has 0 radical (unpaired) electrons. The molecule has 1 aromatic heterocycles. The Morgan fingerprint density at radius 3 is 1.81 bits per heavy atom. The molecule has 2 nitrogen and oxygen atoms in total. The van der Waals surface area contributed by atoms with Gasteiger partial charge in [-0.1, -0.05) is 132 Å². The molecule has 11 rings (SSSR count). The molecule has 4 aliphatic heterocycles. The molecule has 0 fully saturated rings. The zero-order valence-electron chi connectivity index (χ0n) is 32.0. The van der Waals surface area contributed by atoms with Gasteiger partial charge in [0.2, 0.25) is 6.71 Å². The number of nitrogens with zero attached hydrogens (tertiary/aromatic N) is 2. The predicted octanol–water partition coefficient (Wildman–Crippen LogP) is 9.94. The number of para-hydroxylation sites is 1. The van der Waals surface area contributed by atoms with Crippen molar-refractivity contribution in [2.24, 2.45) is 0 Å². The maximum atomic E-state index is 2.81. The van der Waals surface area contributed by atoms with Gasteiger partial charge < -0.3 is 9.38 Å². The van der Waals surface area contributed by atoms with E-state index in [1.165, 1.54) is 109 Å². The molecule has 53 heavy (non-hydrogen) atoms. The first-order chi connectivity index (χ1) is 25.6. The van der Waals surface area contributed by atoms with Crippen LogP contribution in [0.15, 0.2) is 107 Å². The molecule has 258 valence electrons. The van der Waals surface area contributed by atoms with Crippen molar-refractivity contribution < 1.29 is 0 Å². The van der Waals surface area contributed by atoms with Crippen LogP contribution in [0, 0.1) is 0 Å². The molecule has 0 amide bonds. The van der Waals surface area contributed by atoms with E-state index in [2.05, 4.69) is 162 Å². The normalized spacial score (nSPS) is 14.5. The van der Waals surface area contributed by atoms with Crippen LogP contribution in [-0.2, 0) is 0 Å². The van der Waals surface area contributed by atoms with E-state index in [1.54, 1.807) is 0 Å². The van der Waals surface area contributed by atoms with Crippen LogP contribution in [0.2, 0.25) is 0 Å². The van der Waals surface area contributed by atoms with Crippen molar-refractivity contribution in [3.63, 3.8) is 0 Å². The van der Waals surface area contributed by atoms with Crippen molar-refractivity contribution in [2.75, 3.05) is 4.81 Å². The van der Waals surface area contributed by atoms with Gasteiger partial charge in [-0.05, 0) is 106 Å². The van der Waals surface area contributed by atoms with E-state index in [4.69, 9.17) is 0 Å². The minimum atomic E-state index is 0.117. The van der Waals surface area contributed by atoms with Crippen LogP contribution in [0.3, 0.4) is 0 Å². The van der Waals surface area contributed by atoms with Gasteiger partial charge in [-0.3, -0.25) is 0 Å². The summed E-state index contributed by atoms with van der Waals surface area (Å²) in [6, 6.07) is 39.3. The molecule has 0 saturated heterocycles. The van der Waals surface area contributed by atoms with Crippen LogP contribution in [0.1, 0.15) is 95.9 Å². The summed E-state index contributed by atoms with van der Waals surface area (Å²) in [6.45, 7) is 19.0. The van der Waals surface area contributed by atoms with Crippen LogP contribution >= 0.6 is 11.8 Å². The van der Waals surface area contributed by atoms with E-state index in [-0.39, 0.29) is 13.6 Å². The third-order valence-corrected chi connectivity index (χ3v) is 14.0. The lowest BCUT2D eigenvalue weighted by Crippen LogP contribution is -2.69. The second kappa shape index (κ2) is 11.0. The van der Waals surface area contributed by atoms with Gasteiger partial charge in [0, 0.05) is 54.6 Å². The topological polar surface area (TPSA) is 8.17 Å².